The summed E-state index contributed by atoms with van der Waals surface area (Å²) in [5.41, 5.74) is 14.8. The number of fused-ring (bicyclic) bond motifs is 3. The van der Waals surface area contributed by atoms with Gasteiger partial charge in [0.25, 0.3) is 0 Å². The van der Waals surface area contributed by atoms with Crippen molar-refractivity contribution >= 4 is 5.97 Å². The highest BCUT2D eigenvalue weighted by molar-refractivity contribution is 5.86. The summed E-state index contributed by atoms with van der Waals surface area (Å²) in [6, 6.07) is 30.7. The molecule has 4 aromatic carbocycles. The summed E-state index contributed by atoms with van der Waals surface area (Å²) >= 11 is 0. The van der Waals surface area contributed by atoms with Crippen molar-refractivity contribution < 1.29 is 75.8 Å². The van der Waals surface area contributed by atoms with Crippen molar-refractivity contribution in [2.75, 3.05) is 179 Å². The van der Waals surface area contributed by atoms with Crippen molar-refractivity contribution in [3.05, 3.63) is 96.1 Å². The van der Waals surface area contributed by atoms with E-state index in [4.69, 9.17) is 76.8 Å². The number of benzene rings is 4. The molecule has 0 fully saturated rings. The van der Waals surface area contributed by atoms with E-state index in [1.54, 1.807) is 14.2 Å². The van der Waals surface area contributed by atoms with E-state index < -0.39 is 5.60 Å². The normalized spacial score (nSPS) is 12.7. The van der Waals surface area contributed by atoms with Crippen LogP contribution >= 0.6 is 0 Å². The van der Waals surface area contributed by atoms with Gasteiger partial charge in [-0.2, -0.15) is 0 Å². The lowest BCUT2D eigenvalue weighted by Gasteiger charge is -2.33. The summed E-state index contributed by atoms with van der Waals surface area (Å²) in [6.45, 7) is 18.1. The average Bonchev–Trinajstić information content (AvgIpc) is 3.96. The van der Waals surface area contributed by atoms with Crippen LogP contribution in [0.5, 0.6) is 11.5 Å². The Hall–Kier alpha value is -4.57. The Morgan fingerprint density at radius 2 is 0.741 bits per heavy atom. The molecule has 0 bridgehead atoms. The third-order valence-corrected chi connectivity index (χ3v) is 13.2. The van der Waals surface area contributed by atoms with E-state index in [9.17, 15) is 4.79 Å². The predicted molar refractivity (Wildman–Crippen MR) is 314 cm³/mol. The number of carbonyl (C=O) groups is 1. The molecule has 452 valence electrons. The molecular formula is C64H95NO16. The first kappa shape index (κ1) is 67.2. The van der Waals surface area contributed by atoms with E-state index in [0.717, 1.165) is 66.7 Å². The average molecular weight is 1130 g/mol. The predicted octanol–water partition coefficient (Wildman–Crippen LogP) is 9.53. The van der Waals surface area contributed by atoms with Crippen LogP contribution in [0, 0.1) is 0 Å². The van der Waals surface area contributed by atoms with E-state index in [0.29, 0.717) is 165 Å². The molecule has 0 radical (unpaired) electrons. The summed E-state index contributed by atoms with van der Waals surface area (Å²) in [4.78, 5) is 11.7. The molecule has 0 aliphatic heterocycles. The van der Waals surface area contributed by atoms with Gasteiger partial charge in [-0.3, -0.25) is 4.79 Å². The van der Waals surface area contributed by atoms with Gasteiger partial charge in [-0.25, -0.2) is 0 Å². The Morgan fingerprint density at radius 3 is 1.12 bits per heavy atom. The van der Waals surface area contributed by atoms with E-state index >= 15 is 0 Å². The smallest absolute Gasteiger partial charge is 0.308 e. The van der Waals surface area contributed by atoms with Crippen LogP contribution in [0.2, 0.25) is 0 Å². The third-order valence-electron chi connectivity index (χ3n) is 13.2. The molecule has 1 aliphatic carbocycles. The Kier molecular flexibility index (Phi) is 33.7. The highest BCUT2D eigenvalue weighted by Gasteiger charge is 2.43. The van der Waals surface area contributed by atoms with Crippen LogP contribution in [0.25, 0.3) is 33.4 Å². The number of methoxy groups -OCH3 is 2. The topological polar surface area (TPSA) is 182 Å². The number of carbonyl (C=O) groups excluding carboxylic acids is 1. The lowest BCUT2D eigenvalue weighted by molar-refractivity contribution is -0.156. The molecule has 0 heterocycles. The van der Waals surface area contributed by atoms with Crippen molar-refractivity contribution in [2.45, 2.75) is 76.7 Å². The SMILES string of the molecule is COCCOCCCC1(CCCOCCOC)c2cc(-c3ccc(OCCCCN)cc3)ccc2-c2ccc(-c3ccc(OCCOCCOCCOCCOCCOCCOCCOCCOCCC(=O)OC(C)(C)C)cc3)cc21. The molecule has 4 aromatic rings. The van der Waals surface area contributed by atoms with Gasteiger partial charge in [-0.15, -0.1) is 0 Å². The molecular weight excluding hydrogens is 1040 g/mol. The Morgan fingerprint density at radius 1 is 0.395 bits per heavy atom. The highest BCUT2D eigenvalue weighted by Crippen LogP contribution is 2.55. The molecule has 2 N–H and O–H groups in total. The van der Waals surface area contributed by atoms with Crippen LogP contribution in [0.15, 0.2) is 84.9 Å². The molecule has 17 heteroatoms. The summed E-state index contributed by atoms with van der Waals surface area (Å²) in [5, 5.41) is 0. The quantitative estimate of drug-likeness (QED) is 0.0326. The van der Waals surface area contributed by atoms with E-state index in [1.807, 2.05) is 32.9 Å². The minimum absolute atomic E-state index is 0.224. The fourth-order valence-corrected chi connectivity index (χ4v) is 9.29. The first-order valence-corrected chi connectivity index (χ1v) is 29.1. The summed E-state index contributed by atoms with van der Waals surface area (Å²) in [5.74, 6) is 1.38. The maximum Gasteiger partial charge on any atom is 0.308 e. The van der Waals surface area contributed by atoms with Crippen LogP contribution < -0.4 is 15.2 Å². The summed E-state index contributed by atoms with van der Waals surface area (Å²) in [7, 11) is 3.41. The van der Waals surface area contributed by atoms with Gasteiger partial charge in [0, 0.05) is 32.8 Å². The standard InChI is InChI=1S/C64H95NO16/c1-63(2,3)81-62(66)22-29-71-34-35-72-36-37-73-38-39-74-40-41-75-42-43-76-44-45-77-46-47-78-48-49-80-57-18-12-53(13-19-57)55-15-21-59-58-20-14-54(52-10-16-56(17-11-52)79-28-7-6-25-65)50-60(58)64(61(59)51-55,23-8-26-69-32-30-67-4)24-9-27-70-33-31-68-5/h10-21,50-51H,6-9,22-49,65H2,1-5H3. The van der Waals surface area contributed by atoms with Gasteiger partial charge in [0.05, 0.1) is 145 Å². The number of hydrogen-bond donors (Lipinski definition) is 1. The van der Waals surface area contributed by atoms with Crippen molar-refractivity contribution in [2.24, 2.45) is 5.73 Å². The Labute approximate surface area is 482 Å². The highest BCUT2D eigenvalue weighted by atomic mass is 16.6. The number of nitrogens with two attached hydrogens (primary N) is 1. The Balaban J connectivity index is 0.982. The van der Waals surface area contributed by atoms with Gasteiger partial charge < -0.3 is 76.8 Å². The van der Waals surface area contributed by atoms with Crippen molar-refractivity contribution in [1.29, 1.82) is 0 Å². The van der Waals surface area contributed by atoms with Gasteiger partial charge in [-0.1, -0.05) is 48.5 Å². The fourth-order valence-electron chi connectivity index (χ4n) is 9.29. The molecule has 17 nitrogen and oxygen atoms in total. The second kappa shape index (κ2) is 40.6. The molecule has 0 spiro atoms. The van der Waals surface area contributed by atoms with Gasteiger partial charge in [0.2, 0.25) is 0 Å². The van der Waals surface area contributed by atoms with Crippen LogP contribution in [-0.4, -0.2) is 191 Å². The summed E-state index contributed by atoms with van der Waals surface area (Å²) < 4.78 is 84.5. The molecule has 0 aromatic heterocycles. The van der Waals surface area contributed by atoms with Gasteiger partial charge in [-0.05, 0) is 147 Å². The first-order valence-electron chi connectivity index (χ1n) is 29.1. The molecule has 0 amide bonds. The minimum Gasteiger partial charge on any atom is -0.494 e. The maximum atomic E-state index is 11.7. The van der Waals surface area contributed by atoms with Crippen molar-refractivity contribution in [1.82, 2.24) is 0 Å². The second-order valence-electron chi connectivity index (χ2n) is 20.5. The van der Waals surface area contributed by atoms with Crippen molar-refractivity contribution in [3.8, 4) is 44.9 Å². The van der Waals surface area contributed by atoms with Crippen LogP contribution in [0.4, 0.5) is 0 Å². The van der Waals surface area contributed by atoms with Gasteiger partial charge >= 0.3 is 5.97 Å². The largest absolute Gasteiger partial charge is 0.494 e. The molecule has 1 aliphatic rings. The molecule has 81 heavy (non-hydrogen) atoms. The van der Waals surface area contributed by atoms with Gasteiger partial charge in [0.15, 0.2) is 0 Å². The minimum atomic E-state index is -0.486. The zero-order valence-corrected chi connectivity index (χ0v) is 49.3. The Bertz CT molecular complexity index is 2240. The zero-order valence-electron chi connectivity index (χ0n) is 49.3. The number of rotatable bonds is 49. The molecule has 0 saturated carbocycles. The summed E-state index contributed by atoms with van der Waals surface area (Å²) in [6.07, 6.45) is 5.74. The molecule has 5 rings (SSSR count). The first-order chi connectivity index (χ1) is 39.7. The van der Waals surface area contributed by atoms with E-state index in [2.05, 4.69) is 72.8 Å². The number of esters is 1. The molecule has 0 unspecified atom stereocenters. The second-order valence-corrected chi connectivity index (χ2v) is 20.5. The maximum absolute atomic E-state index is 11.7. The zero-order chi connectivity index (χ0) is 57.5. The number of ether oxygens (including phenoxy) is 15. The lowest BCUT2D eigenvalue weighted by Crippen LogP contribution is -2.27. The fraction of sp³-hybridized carbons (Fsp3) is 0.609. The van der Waals surface area contributed by atoms with Crippen molar-refractivity contribution in [3.63, 3.8) is 0 Å². The lowest BCUT2D eigenvalue weighted by atomic mass is 9.70. The monoisotopic (exact) mass is 1130 g/mol. The van der Waals surface area contributed by atoms with Gasteiger partial charge in [0.1, 0.15) is 23.7 Å². The van der Waals surface area contributed by atoms with E-state index in [1.165, 1.54) is 27.8 Å². The van der Waals surface area contributed by atoms with Crippen LogP contribution in [0.1, 0.15) is 76.8 Å². The third kappa shape index (κ3) is 26.3. The number of hydrogen-bond acceptors (Lipinski definition) is 17. The number of unbranched alkanes of at least 4 members (excludes halogenated alkanes) is 1. The van der Waals surface area contributed by atoms with Crippen LogP contribution in [-0.2, 0) is 71.8 Å². The molecule has 0 saturated heterocycles. The molecule has 0 atom stereocenters. The van der Waals surface area contributed by atoms with Crippen LogP contribution in [0.3, 0.4) is 0 Å². The van der Waals surface area contributed by atoms with E-state index in [-0.39, 0.29) is 17.8 Å².